The lowest BCUT2D eigenvalue weighted by Gasteiger charge is -2.34. The summed E-state index contributed by atoms with van der Waals surface area (Å²) in [6, 6.07) is 7.77. The van der Waals surface area contributed by atoms with Crippen LogP contribution in [-0.4, -0.2) is 42.5 Å². The minimum absolute atomic E-state index is 0.00143. The minimum Gasteiger partial charge on any atom is -0.493 e. The zero-order valence-corrected chi connectivity index (χ0v) is 17.4. The first-order valence-corrected chi connectivity index (χ1v) is 11.5. The second kappa shape index (κ2) is 9.64. The van der Waals surface area contributed by atoms with E-state index in [-0.39, 0.29) is 5.91 Å². The summed E-state index contributed by atoms with van der Waals surface area (Å²) >= 11 is 0. The van der Waals surface area contributed by atoms with Crippen LogP contribution in [0.25, 0.3) is 0 Å². The fraction of sp³-hybridized carbons (Fsp3) is 0.667. The maximum atomic E-state index is 12.7. The smallest absolute Gasteiger partial charge is 0.251 e. The predicted molar refractivity (Wildman–Crippen MR) is 113 cm³/mol. The van der Waals surface area contributed by atoms with E-state index in [9.17, 15) is 9.59 Å². The van der Waals surface area contributed by atoms with Crippen molar-refractivity contribution in [1.82, 2.24) is 10.2 Å². The average Bonchev–Trinajstić information content (AvgIpc) is 3.57. The van der Waals surface area contributed by atoms with Gasteiger partial charge in [-0.2, -0.15) is 0 Å². The summed E-state index contributed by atoms with van der Waals surface area (Å²) in [6.07, 6.45) is 11.4. The third kappa shape index (κ3) is 5.97. The number of nitrogens with one attached hydrogen (secondary N) is 1. The Morgan fingerprint density at radius 2 is 1.66 bits per heavy atom. The number of likely N-dealkylation sites (tertiary alicyclic amines) is 1. The summed E-state index contributed by atoms with van der Waals surface area (Å²) < 4.78 is 5.98. The van der Waals surface area contributed by atoms with Gasteiger partial charge in [-0.3, -0.25) is 9.59 Å². The molecule has 1 N–H and O–H groups in total. The number of amides is 2. The lowest BCUT2D eigenvalue weighted by molar-refractivity contribution is -0.134. The molecule has 2 saturated carbocycles. The number of rotatable bonds is 7. The maximum absolute atomic E-state index is 12.7. The van der Waals surface area contributed by atoms with Crippen molar-refractivity contribution in [3.63, 3.8) is 0 Å². The first kappa shape index (κ1) is 20.2. The van der Waals surface area contributed by atoms with Crippen molar-refractivity contribution in [2.45, 2.75) is 70.3 Å². The van der Waals surface area contributed by atoms with Crippen molar-refractivity contribution >= 4 is 11.8 Å². The largest absolute Gasteiger partial charge is 0.493 e. The van der Waals surface area contributed by atoms with E-state index in [2.05, 4.69) is 10.2 Å². The number of nitrogens with zero attached hydrogens (tertiary/aromatic N) is 1. The van der Waals surface area contributed by atoms with E-state index in [1.807, 2.05) is 24.3 Å². The molecule has 0 unspecified atom stereocenters. The first-order chi connectivity index (χ1) is 14.2. The summed E-state index contributed by atoms with van der Waals surface area (Å²) in [5.41, 5.74) is 0.682. The SMILES string of the molecule is O=C(NC1CC1)c1ccc(OC[C@@H]2CCCN(C(=O)CC3CCCCC3)C2)cc1. The van der Waals surface area contributed by atoms with Crippen molar-refractivity contribution in [3.8, 4) is 5.75 Å². The van der Waals surface area contributed by atoms with Crippen LogP contribution in [0.1, 0.15) is 74.6 Å². The molecule has 5 heteroatoms. The van der Waals surface area contributed by atoms with Crippen molar-refractivity contribution < 1.29 is 14.3 Å². The zero-order valence-electron chi connectivity index (χ0n) is 17.4. The molecule has 158 valence electrons. The van der Waals surface area contributed by atoms with Gasteiger partial charge in [-0.25, -0.2) is 0 Å². The van der Waals surface area contributed by atoms with Crippen LogP contribution in [0.15, 0.2) is 24.3 Å². The molecule has 1 aromatic rings. The van der Waals surface area contributed by atoms with Gasteiger partial charge in [0.1, 0.15) is 5.75 Å². The molecule has 3 aliphatic rings. The van der Waals surface area contributed by atoms with E-state index in [0.29, 0.717) is 36.0 Å². The van der Waals surface area contributed by atoms with E-state index in [1.54, 1.807) is 0 Å². The molecule has 0 radical (unpaired) electrons. The standard InChI is InChI=1S/C24H34N2O3/c27-23(15-18-5-2-1-3-6-18)26-14-4-7-19(16-26)17-29-22-12-8-20(9-13-22)24(28)25-21-10-11-21/h8-9,12-13,18-19,21H,1-7,10-11,14-17H2,(H,25,28)/t19-/m1/s1. The number of ether oxygens (including phenoxy) is 1. The van der Waals surface area contributed by atoms with Crippen molar-refractivity contribution in [1.29, 1.82) is 0 Å². The van der Waals surface area contributed by atoms with Crippen molar-refractivity contribution in [3.05, 3.63) is 29.8 Å². The Hall–Kier alpha value is -2.04. The van der Waals surface area contributed by atoms with Crippen LogP contribution in [0.5, 0.6) is 5.75 Å². The van der Waals surface area contributed by atoms with Gasteiger partial charge in [0, 0.05) is 37.0 Å². The Kier molecular flexibility index (Phi) is 6.73. The lowest BCUT2D eigenvalue weighted by atomic mass is 9.86. The highest BCUT2D eigenvalue weighted by molar-refractivity contribution is 5.94. The molecule has 0 spiro atoms. The molecule has 5 nitrogen and oxygen atoms in total. The van der Waals surface area contributed by atoms with E-state index in [0.717, 1.165) is 50.9 Å². The molecular weight excluding hydrogens is 364 g/mol. The van der Waals surface area contributed by atoms with E-state index in [1.165, 1.54) is 32.1 Å². The number of carbonyl (C=O) groups excluding carboxylic acids is 2. The molecule has 1 saturated heterocycles. The molecule has 1 heterocycles. The Bertz CT molecular complexity index is 693. The molecule has 1 aromatic carbocycles. The van der Waals surface area contributed by atoms with Gasteiger partial charge < -0.3 is 15.0 Å². The number of hydrogen-bond donors (Lipinski definition) is 1. The van der Waals surface area contributed by atoms with Gasteiger partial charge in [0.2, 0.25) is 5.91 Å². The van der Waals surface area contributed by atoms with Crippen LogP contribution in [0, 0.1) is 11.8 Å². The third-order valence-corrected chi connectivity index (χ3v) is 6.57. The molecular formula is C24H34N2O3. The summed E-state index contributed by atoms with van der Waals surface area (Å²) in [6.45, 7) is 2.33. The van der Waals surface area contributed by atoms with Crippen LogP contribution < -0.4 is 10.1 Å². The number of piperidine rings is 1. The quantitative estimate of drug-likeness (QED) is 0.750. The average molecular weight is 399 g/mol. The van der Waals surface area contributed by atoms with E-state index in [4.69, 9.17) is 4.74 Å². The molecule has 29 heavy (non-hydrogen) atoms. The van der Waals surface area contributed by atoms with Crippen molar-refractivity contribution in [2.24, 2.45) is 11.8 Å². The maximum Gasteiger partial charge on any atom is 0.251 e. The van der Waals surface area contributed by atoms with Gasteiger partial charge in [-0.15, -0.1) is 0 Å². The van der Waals surface area contributed by atoms with Crippen molar-refractivity contribution in [2.75, 3.05) is 19.7 Å². The molecule has 3 fully saturated rings. The summed E-state index contributed by atoms with van der Waals surface area (Å²) in [4.78, 5) is 26.8. The number of hydrogen-bond acceptors (Lipinski definition) is 3. The molecule has 1 aliphatic heterocycles. The van der Waals surface area contributed by atoms with Gasteiger partial charge in [-0.05, 0) is 68.7 Å². The molecule has 4 rings (SSSR count). The second-order valence-corrected chi connectivity index (χ2v) is 9.14. The van der Waals surface area contributed by atoms with Gasteiger partial charge in [0.05, 0.1) is 6.61 Å². The molecule has 0 bridgehead atoms. The molecule has 1 atom stereocenters. The summed E-state index contributed by atoms with van der Waals surface area (Å²) in [5, 5.41) is 3.00. The Balaban J connectivity index is 1.21. The van der Waals surface area contributed by atoms with Gasteiger partial charge in [0.15, 0.2) is 0 Å². The van der Waals surface area contributed by atoms with Crippen LogP contribution >= 0.6 is 0 Å². The van der Waals surface area contributed by atoms with Gasteiger partial charge in [-0.1, -0.05) is 19.3 Å². The fourth-order valence-electron chi connectivity index (χ4n) is 4.61. The first-order valence-electron chi connectivity index (χ1n) is 11.5. The van der Waals surface area contributed by atoms with E-state index >= 15 is 0 Å². The minimum atomic E-state index is -0.00143. The third-order valence-electron chi connectivity index (χ3n) is 6.57. The highest BCUT2D eigenvalue weighted by Gasteiger charge is 2.27. The van der Waals surface area contributed by atoms with Gasteiger partial charge in [0.25, 0.3) is 5.91 Å². The van der Waals surface area contributed by atoms with Crippen LogP contribution in [0.2, 0.25) is 0 Å². The topological polar surface area (TPSA) is 58.6 Å². The lowest BCUT2D eigenvalue weighted by Crippen LogP contribution is -2.42. The summed E-state index contributed by atoms with van der Waals surface area (Å²) in [5.74, 6) is 2.12. The Morgan fingerprint density at radius 3 is 2.38 bits per heavy atom. The fourth-order valence-corrected chi connectivity index (χ4v) is 4.61. The molecule has 2 amide bonds. The molecule has 0 aromatic heterocycles. The van der Waals surface area contributed by atoms with Gasteiger partial charge >= 0.3 is 0 Å². The monoisotopic (exact) mass is 398 g/mol. The highest BCUT2D eigenvalue weighted by Crippen LogP contribution is 2.28. The normalized spacial score (nSPS) is 22.9. The predicted octanol–water partition coefficient (Wildman–Crippen LogP) is 4.17. The Labute approximate surface area is 174 Å². The Morgan fingerprint density at radius 1 is 0.931 bits per heavy atom. The van der Waals surface area contributed by atoms with E-state index < -0.39 is 0 Å². The second-order valence-electron chi connectivity index (χ2n) is 9.14. The number of carbonyl (C=O) groups is 2. The summed E-state index contributed by atoms with van der Waals surface area (Å²) in [7, 11) is 0. The highest BCUT2D eigenvalue weighted by atomic mass is 16.5. The van der Waals surface area contributed by atoms with Crippen LogP contribution in [0.3, 0.4) is 0 Å². The number of benzene rings is 1. The zero-order chi connectivity index (χ0) is 20.1. The van der Waals surface area contributed by atoms with Crippen LogP contribution in [-0.2, 0) is 4.79 Å². The van der Waals surface area contributed by atoms with Crippen LogP contribution in [0.4, 0.5) is 0 Å². The molecule has 2 aliphatic carbocycles.